The van der Waals surface area contributed by atoms with Crippen molar-refractivity contribution in [2.45, 2.75) is 264 Å². The van der Waals surface area contributed by atoms with Crippen LogP contribution in [0.3, 0.4) is 0 Å². The Morgan fingerprint density at radius 3 is 1.22 bits per heavy atom. The highest BCUT2D eigenvalue weighted by atomic mass is 16.5. The van der Waals surface area contributed by atoms with Crippen molar-refractivity contribution in [2.24, 2.45) is 0 Å². The Morgan fingerprint density at radius 1 is 0.500 bits per heavy atom. The van der Waals surface area contributed by atoms with E-state index < -0.39 is 18.2 Å². The van der Waals surface area contributed by atoms with Crippen molar-refractivity contribution >= 4 is 11.9 Å². The van der Waals surface area contributed by atoms with Crippen LogP contribution < -0.4 is 5.32 Å². The topological polar surface area (TPSA) is 95.9 Å². The molecular weight excluding hydrogens is 622 g/mol. The normalized spacial score (nSPS) is 13.3. The summed E-state index contributed by atoms with van der Waals surface area (Å²) in [6.07, 6.45) is 38.8. The van der Waals surface area contributed by atoms with Crippen LogP contribution in [-0.2, 0) is 14.3 Å². The molecule has 0 aliphatic heterocycles. The van der Waals surface area contributed by atoms with Crippen LogP contribution in [-0.4, -0.2) is 46.9 Å². The highest BCUT2D eigenvalue weighted by Gasteiger charge is 2.24. The zero-order valence-corrected chi connectivity index (χ0v) is 33.8. The lowest BCUT2D eigenvalue weighted by Crippen LogP contribution is -2.46. The van der Waals surface area contributed by atoms with E-state index in [-0.39, 0.29) is 24.9 Å². The second-order valence-electron chi connectivity index (χ2n) is 15.5. The van der Waals surface area contributed by atoms with Crippen LogP contribution in [0.5, 0.6) is 0 Å². The quantitative estimate of drug-likeness (QED) is 0.0435. The van der Waals surface area contributed by atoms with E-state index in [1.54, 1.807) is 0 Å². The molecule has 0 aliphatic rings. The van der Waals surface area contributed by atoms with E-state index in [1.807, 2.05) is 0 Å². The second-order valence-corrected chi connectivity index (χ2v) is 15.5. The zero-order valence-electron chi connectivity index (χ0n) is 33.8. The molecule has 0 fully saturated rings. The number of ether oxygens (including phenoxy) is 1. The largest absolute Gasteiger partial charge is 0.462 e. The van der Waals surface area contributed by atoms with E-state index in [9.17, 15) is 19.8 Å². The summed E-state index contributed by atoms with van der Waals surface area (Å²) >= 11 is 0. The molecule has 6 heteroatoms. The molecule has 298 valence electrons. The van der Waals surface area contributed by atoms with Crippen molar-refractivity contribution in [2.75, 3.05) is 6.61 Å². The Balaban J connectivity index is 4.42. The van der Waals surface area contributed by atoms with Crippen LogP contribution in [0.1, 0.15) is 245 Å². The molecule has 3 unspecified atom stereocenters. The van der Waals surface area contributed by atoms with Gasteiger partial charge in [0.1, 0.15) is 6.10 Å². The summed E-state index contributed by atoms with van der Waals surface area (Å²) < 4.78 is 5.87. The first-order valence-electron chi connectivity index (χ1n) is 22.3. The fourth-order valence-electron chi connectivity index (χ4n) is 7.02. The maximum atomic E-state index is 13.0. The molecule has 6 nitrogen and oxygen atoms in total. The first-order chi connectivity index (χ1) is 24.5. The van der Waals surface area contributed by atoms with Gasteiger partial charge in [-0.2, -0.15) is 0 Å². The molecule has 0 spiro atoms. The number of carbonyl (C=O) groups is 2. The number of hydrogen-bond donors (Lipinski definition) is 3. The standard InChI is InChI=1S/C44H87NO5/c1-4-7-10-13-16-18-20-22-24-27-30-33-36-42(47)41(39-46)45-43(48)38-40(35-32-29-26-15-12-9-6-3)50-44(49)37-34-31-28-25-23-21-19-17-14-11-8-5-2/h40-42,46-47H,4-39H2,1-3H3,(H,45,48). The zero-order chi connectivity index (χ0) is 36.8. The Kier molecular flexibility index (Phi) is 38.2. The molecule has 0 radical (unpaired) electrons. The Hall–Kier alpha value is -1.14. The summed E-state index contributed by atoms with van der Waals surface area (Å²) in [5, 5.41) is 23.6. The molecule has 0 aliphatic carbocycles. The van der Waals surface area contributed by atoms with Crippen LogP contribution in [0.15, 0.2) is 0 Å². The summed E-state index contributed by atoms with van der Waals surface area (Å²) in [5.41, 5.74) is 0. The SMILES string of the molecule is CCCCCCCCCCCCCCC(=O)OC(CCCCCCCCC)CC(=O)NC(CO)C(O)CCCCCCCCCCCCCC. The summed E-state index contributed by atoms with van der Waals surface area (Å²) in [6, 6.07) is -0.689. The fraction of sp³-hybridized carbons (Fsp3) is 0.955. The highest BCUT2D eigenvalue weighted by molar-refractivity contribution is 5.77. The Morgan fingerprint density at radius 2 is 0.840 bits per heavy atom. The number of hydrogen-bond acceptors (Lipinski definition) is 5. The average molecular weight is 710 g/mol. The number of carbonyl (C=O) groups excluding carboxylic acids is 2. The number of unbranched alkanes of at least 4 members (excludes halogenated alkanes) is 28. The number of rotatable bonds is 40. The minimum atomic E-state index is -0.776. The lowest BCUT2D eigenvalue weighted by Gasteiger charge is -2.24. The molecule has 3 atom stereocenters. The summed E-state index contributed by atoms with van der Waals surface area (Å²) in [4.78, 5) is 25.8. The molecule has 0 heterocycles. The molecule has 0 aromatic heterocycles. The van der Waals surface area contributed by atoms with Gasteiger partial charge in [0.15, 0.2) is 0 Å². The molecule has 0 aromatic carbocycles. The Bertz CT molecular complexity index is 717. The van der Waals surface area contributed by atoms with E-state index in [1.165, 1.54) is 154 Å². The van der Waals surface area contributed by atoms with Crippen LogP contribution in [0.25, 0.3) is 0 Å². The second kappa shape index (κ2) is 39.1. The fourth-order valence-corrected chi connectivity index (χ4v) is 7.02. The van der Waals surface area contributed by atoms with Gasteiger partial charge in [-0.25, -0.2) is 0 Å². The summed E-state index contributed by atoms with van der Waals surface area (Å²) in [7, 11) is 0. The predicted octanol–water partition coefficient (Wildman–Crippen LogP) is 12.4. The van der Waals surface area contributed by atoms with Crippen molar-refractivity contribution in [3.63, 3.8) is 0 Å². The van der Waals surface area contributed by atoms with Gasteiger partial charge in [0.2, 0.25) is 5.91 Å². The lowest BCUT2D eigenvalue weighted by molar-refractivity contribution is -0.151. The molecule has 50 heavy (non-hydrogen) atoms. The maximum Gasteiger partial charge on any atom is 0.306 e. The maximum absolute atomic E-state index is 13.0. The van der Waals surface area contributed by atoms with Crippen molar-refractivity contribution in [1.29, 1.82) is 0 Å². The minimum absolute atomic E-state index is 0.0852. The van der Waals surface area contributed by atoms with E-state index in [0.29, 0.717) is 19.3 Å². The van der Waals surface area contributed by atoms with Crippen molar-refractivity contribution in [3.8, 4) is 0 Å². The number of nitrogens with one attached hydrogen (secondary N) is 1. The lowest BCUT2D eigenvalue weighted by atomic mass is 10.0. The van der Waals surface area contributed by atoms with Gasteiger partial charge in [-0.05, 0) is 25.7 Å². The number of amides is 1. The van der Waals surface area contributed by atoms with Crippen LogP contribution in [0.4, 0.5) is 0 Å². The van der Waals surface area contributed by atoms with Crippen molar-refractivity contribution in [3.05, 3.63) is 0 Å². The molecule has 0 bridgehead atoms. The van der Waals surface area contributed by atoms with E-state index in [0.717, 1.165) is 44.9 Å². The average Bonchev–Trinajstić information content (AvgIpc) is 3.10. The number of aliphatic hydroxyl groups excluding tert-OH is 2. The Labute approximate surface area is 311 Å². The number of esters is 1. The molecular formula is C44H87NO5. The monoisotopic (exact) mass is 710 g/mol. The summed E-state index contributed by atoms with van der Waals surface area (Å²) in [5.74, 6) is -0.465. The third-order valence-electron chi connectivity index (χ3n) is 10.4. The highest BCUT2D eigenvalue weighted by Crippen LogP contribution is 2.18. The molecule has 3 N–H and O–H groups in total. The van der Waals surface area contributed by atoms with Gasteiger partial charge < -0.3 is 20.3 Å². The van der Waals surface area contributed by atoms with E-state index in [2.05, 4.69) is 26.1 Å². The van der Waals surface area contributed by atoms with Crippen LogP contribution >= 0.6 is 0 Å². The third kappa shape index (κ3) is 34.0. The van der Waals surface area contributed by atoms with E-state index >= 15 is 0 Å². The third-order valence-corrected chi connectivity index (χ3v) is 10.4. The van der Waals surface area contributed by atoms with Gasteiger partial charge in [-0.1, -0.05) is 207 Å². The first-order valence-corrected chi connectivity index (χ1v) is 22.3. The van der Waals surface area contributed by atoms with Gasteiger partial charge in [-0.3, -0.25) is 9.59 Å². The molecule has 0 aromatic rings. The first kappa shape index (κ1) is 48.9. The predicted molar refractivity (Wildman–Crippen MR) is 214 cm³/mol. The minimum Gasteiger partial charge on any atom is -0.462 e. The van der Waals surface area contributed by atoms with Crippen molar-refractivity contribution in [1.82, 2.24) is 5.32 Å². The molecule has 0 saturated heterocycles. The molecule has 1 amide bonds. The molecule has 0 rings (SSSR count). The van der Waals surface area contributed by atoms with Gasteiger partial charge in [-0.15, -0.1) is 0 Å². The van der Waals surface area contributed by atoms with Gasteiger partial charge in [0.25, 0.3) is 0 Å². The van der Waals surface area contributed by atoms with E-state index in [4.69, 9.17) is 4.74 Å². The summed E-state index contributed by atoms with van der Waals surface area (Å²) in [6.45, 7) is 6.44. The molecule has 0 saturated carbocycles. The van der Waals surface area contributed by atoms with Gasteiger partial charge in [0, 0.05) is 6.42 Å². The smallest absolute Gasteiger partial charge is 0.306 e. The van der Waals surface area contributed by atoms with Crippen LogP contribution in [0, 0.1) is 0 Å². The number of aliphatic hydroxyl groups is 2. The van der Waals surface area contributed by atoms with Gasteiger partial charge in [0.05, 0.1) is 25.2 Å². The van der Waals surface area contributed by atoms with Crippen molar-refractivity contribution < 1.29 is 24.5 Å². The van der Waals surface area contributed by atoms with Crippen LogP contribution in [0.2, 0.25) is 0 Å². The van der Waals surface area contributed by atoms with Gasteiger partial charge >= 0.3 is 5.97 Å².